The second kappa shape index (κ2) is 5.31. The molecule has 0 aromatic heterocycles. The maximum absolute atomic E-state index is 10.5. The first-order valence-electron chi connectivity index (χ1n) is 7.15. The van der Waals surface area contributed by atoms with Gasteiger partial charge in [-0.05, 0) is 44.2 Å². The van der Waals surface area contributed by atoms with Crippen molar-refractivity contribution < 1.29 is 5.11 Å². The molecular formula is C16H25NO. The number of β-amino-alcohol motifs (C(OH)–C–C–N with tert-alkyl or cyclic N) is 1. The lowest BCUT2D eigenvalue weighted by molar-refractivity contribution is 0.0390. The molecule has 0 aliphatic carbocycles. The van der Waals surface area contributed by atoms with Crippen molar-refractivity contribution in [1.29, 1.82) is 0 Å². The van der Waals surface area contributed by atoms with Gasteiger partial charge in [-0.2, -0.15) is 0 Å². The molecule has 0 atom stereocenters. The molecule has 1 aliphatic rings. The fourth-order valence-electron chi connectivity index (χ4n) is 2.80. The Kier molecular flexibility index (Phi) is 3.96. The van der Waals surface area contributed by atoms with Gasteiger partial charge in [-0.1, -0.05) is 31.5 Å². The first-order chi connectivity index (χ1) is 8.58. The van der Waals surface area contributed by atoms with E-state index in [4.69, 9.17) is 0 Å². The van der Waals surface area contributed by atoms with Gasteiger partial charge in [0.1, 0.15) is 0 Å². The Morgan fingerprint density at radius 2 is 2.00 bits per heavy atom. The maximum Gasteiger partial charge on any atom is 0.0816 e. The van der Waals surface area contributed by atoms with Crippen LogP contribution in [0.25, 0.3) is 0 Å². The molecule has 0 fully saturated rings. The molecule has 1 aromatic rings. The summed E-state index contributed by atoms with van der Waals surface area (Å²) in [7, 11) is 0. The van der Waals surface area contributed by atoms with Gasteiger partial charge in [-0.15, -0.1) is 0 Å². The average Bonchev–Trinajstić information content (AvgIpc) is 2.38. The first kappa shape index (κ1) is 13.4. The zero-order chi connectivity index (χ0) is 13.2. The smallest absolute Gasteiger partial charge is 0.0816 e. The van der Waals surface area contributed by atoms with Crippen LogP contribution in [0.4, 0.5) is 5.69 Å². The molecule has 1 N–H and O–H groups in total. The number of benzene rings is 1. The number of rotatable bonds is 4. The Bertz CT molecular complexity index is 410. The summed E-state index contributed by atoms with van der Waals surface area (Å²) in [5.41, 5.74) is 3.55. The maximum atomic E-state index is 10.5. The molecule has 0 saturated heterocycles. The molecule has 18 heavy (non-hydrogen) atoms. The quantitative estimate of drug-likeness (QED) is 0.882. The van der Waals surface area contributed by atoms with Crippen LogP contribution in [0.3, 0.4) is 0 Å². The van der Waals surface area contributed by atoms with E-state index in [1.807, 2.05) is 0 Å². The van der Waals surface area contributed by atoms with E-state index in [-0.39, 0.29) is 0 Å². The molecule has 0 radical (unpaired) electrons. The number of aryl methyl sites for hydroxylation is 2. The summed E-state index contributed by atoms with van der Waals surface area (Å²) < 4.78 is 0. The average molecular weight is 247 g/mol. The second-order valence-corrected chi connectivity index (χ2v) is 5.59. The number of nitrogens with zero attached hydrogens (tertiary/aromatic N) is 1. The molecule has 0 amide bonds. The highest BCUT2D eigenvalue weighted by Gasteiger charge is 2.28. The Morgan fingerprint density at radius 1 is 1.28 bits per heavy atom. The van der Waals surface area contributed by atoms with Gasteiger partial charge in [0, 0.05) is 18.8 Å². The van der Waals surface area contributed by atoms with Gasteiger partial charge in [0.05, 0.1) is 5.60 Å². The molecular weight excluding hydrogens is 222 g/mol. The molecule has 1 aliphatic heterocycles. The Balaban J connectivity index is 2.22. The SMILES string of the molecule is CCC(O)(CC)CN1CCCc2cc(C)ccc21. The van der Waals surface area contributed by atoms with Gasteiger partial charge in [0.25, 0.3) is 0 Å². The highest BCUT2D eigenvalue weighted by atomic mass is 16.3. The summed E-state index contributed by atoms with van der Waals surface area (Å²) >= 11 is 0. The van der Waals surface area contributed by atoms with Crippen LogP contribution in [0.15, 0.2) is 18.2 Å². The lowest BCUT2D eigenvalue weighted by atomic mass is 9.93. The molecule has 0 spiro atoms. The number of hydrogen-bond acceptors (Lipinski definition) is 2. The molecule has 100 valence electrons. The lowest BCUT2D eigenvalue weighted by Crippen LogP contribution is -2.44. The third-order valence-electron chi connectivity index (χ3n) is 4.25. The van der Waals surface area contributed by atoms with Crippen molar-refractivity contribution in [3.8, 4) is 0 Å². The van der Waals surface area contributed by atoms with E-state index in [1.165, 1.54) is 29.7 Å². The van der Waals surface area contributed by atoms with Crippen LogP contribution in [-0.4, -0.2) is 23.8 Å². The van der Waals surface area contributed by atoms with E-state index >= 15 is 0 Å². The van der Waals surface area contributed by atoms with Crippen molar-refractivity contribution in [2.45, 2.75) is 52.1 Å². The molecule has 0 saturated carbocycles. The van der Waals surface area contributed by atoms with Crippen LogP contribution in [0.1, 0.15) is 44.2 Å². The number of fused-ring (bicyclic) bond motifs is 1. The largest absolute Gasteiger partial charge is 0.388 e. The predicted molar refractivity (Wildman–Crippen MR) is 77.2 cm³/mol. The summed E-state index contributed by atoms with van der Waals surface area (Å²) in [6.07, 6.45) is 4.01. The molecule has 2 heteroatoms. The summed E-state index contributed by atoms with van der Waals surface area (Å²) in [6.45, 7) is 8.12. The van der Waals surface area contributed by atoms with Crippen molar-refractivity contribution in [2.24, 2.45) is 0 Å². The Labute approximate surface area is 111 Å². The van der Waals surface area contributed by atoms with Gasteiger partial charge < -0.3 is 10.0 Å². The molecule has 0 bridgehead atoms. The van der Waals surface area contributed by atoms with Crippen LogP contribution >= 0.6 is 0 Å². The highest BCUT2D eigenvalue weighted by Crippen LogP contribution is 2.30. The molecule has 2 nitrogen and oxygen atoms in total. The van der Waals surface area contributed by atoms with Crippen LogP contribution in [-0.2, 0) is 6.42 Å². The molecule has 1 aromatic carbocycles. The third-order valence-corrected chi connectivity index (χ3v) is 4.25. The van der Waals surface area contributed by atoms with Crippen molar-refractivity contribution in [1.82, 2.24) is 0 Å². The number of aliphatic hydroxyl groups is 1. The standard InChI is InChI=1S/C16H25NO/c1-4-16(18,5-2)12-17-10-6-7-14-11-13(3)8-9-15(14)17/h8-9,11,18H,4-7,10,12H2,1-3H3. The number of hydrogen-bond donors (Lipinski definition) is 1. The minimum absolute atomic E-state index is 0.542. The van der Waals surface area contributed by atoms with E-state index in [9.17, 15) is 5.11 Å². The summed E-state index contributed by atoms with van der Waals surface area (Å²) in [5.74, 6) is 0. The molecule has 2 rings (SSSR count). The van der Waals surface area contributed by atoms with E-state index < -0.39 is 5.60 Å². The van der Waals surface area contributed by atoms with E-state index in [2.05, 4.69) is 43.9 Å². The van der Waals surface area contributed by atoms with E-state index in [0.717, 1.165) is 25.9 Å². The molecule has 0 unspecified atom stereocenters. The summed E-state index contributed by atoms with van der Waals surface area (Å²) in [4.78, 5) is 2.37. The topological polar surface area (TPSA) is 23.5 Å². The fraction of sp³-hybridized carbons (Fsp3) is 0.625. The first-order valence-corrected chi connectivity index (χ1v) is 7.15. The summed E-state index contributed by atoms with van der Waals surface area (Å²) in [5, 5.41) is 10.5. The third kappa shape index (κ3) is 2.69. The minimum atomic E-state index is -0.542. The Morgan fingerprint density at radius 3 is 2.67 bits per heavy atom. The van der Waals surface area contributed by atoms with Crippen molar-refractivity contribution in [3.05, 3.63) is 29.3 Å². The van der Waals surface area contributed by atoms with Crippen molar-refractivity contribution >= 4 is 5.69 Å². The van der Waals surface area contributed by atoms with Crippen molar-refractivity contribution in [2.75, 3.05) is 18.0 Å². The Hall–Kier alpha value is -1.02. The van der Waals surface area contributed by atoms with Gasteiger partial charge in [0.15, 0.2) is 0 Å². The highest BCUT2D eigenvalue weighted by molar-refractivity contribution is 5.57. The zero-order valence-electron chi connectivity index (χ0n) is 11.9. The second-order valence-electron chi connectivity index (χ2n) is 5.59. The van der Waals surface area contributed by atoms with Crippen LogP contribution in [0, 0.1) is 6.92 Å². The van der Waals surface area contributed by atoms with Crippen LogP contribution in [0.2, 0.25) is 0 Å². The van der Waals surface area contributed by atoms with E-state index in [0.29, 0.717) is 0 Å². The normalized spacial score (nSPS) is 15.7. The fourth-order valence-corrected chi connectivity index (χ4v) is 2.80. The van der Waals surface area contributed by atoms with E-state index in [1.54, 1.807) is 0 Å². The molecule has 1 heterocycles. The van der Waals surface area contributed by atoms with Crippen LogP contribution in [0.5, 0.6) is 0 Å². The number of anilines is 1. The van der Waals surface area contributed by atoms with Crippen molar-refractivity contribution in [3.63, 3.8) is 0 Å². The lowest BCUT2D eigenvalue weighted by Gasteiger charge is -2.38. The van der Waals surface area contributed by atoms with Gasteiger partial charge in [0.2, 0.25) is 0 Å². The monoisotopic (exact) mass is 247 g/mol. The van der Waals surface area contributed by atoms with Gasteiger partial charge in [-0.25, -0.2) is 0 Å². The van der Waals surface area contributed by atoms with Crippen LogP contribution < -0.4 is 4.90 Å². The van der Waals surface area contributed by atoms with Gasteiger partial charge in [-0.3, -0.25) is 0 Å². The zero-order valence-corrected chi connectivity index (χ0v) is 11.9. The summed E-state index contributed by atoms with van der Waals surface area (Å²) in [6, 6.07) is 6.68. The predicted octanol–water partition coefficient (Wildman–Crippen LogP) is 3.30. The van der Waals surface area contributed by atoms with Gasteiger partial charge >= 0.3 is 0 Å². The minimum Gasteiger partial charge on any atom is -0.388 e.